The molecule has 0 unspecified atom stereocenters. The molecule has 0 saturated carbocycles. The molecular weight excluding hydrogens is 283 g/mol. The Bertz CT molecular complexity index is 621. The van der Waals surface area contributed by atoms with E-state index in [-0.39, 0.29) is 11.5 Å². The maximum absolute atomic E-state index is 13.0. The van der Waals surface area contributed by atoms with Crippen LogP contribution >= 0.6 is 0 Å². The van der Waals surface area contributed by atoms with Crippen molar-refractivity contribution in [2.45, 2.75) is 6.18 Å². The van der Waals surface area contributed by atoms with Gasteiger partial charge >= 0.3 is 6.18 Å². The van der Waals surface area contributed by atoms with E-state index in [0.717, 1.165) is 18.2 Å². The zero-order valence-electron chi connectivity index (χ0n) is 9.67. The number of hydrogen-bond donors (Lipinski definition) is 2. The minimum absolute atomic E-state index is 0.103. The molecule has 1 heterocycles. The molecule has 4 nitrogen and oxygen atoms in total. The lowest BCUT2D eigenvalue weighted by atomic mass is 10.3. The minimum Gasteiger partial charge on any atom is -0.384 e. The first-order chi connectivity index (χ1) is 9.24. The van der Waals surface area contributed by atoms with Crippen LogP contribution in [0.25, 0.3) is 0 Å². The van der Waals surface area contributed by atoms with Crippen LogP contribution in [0.4, 0.5) is 39.3 Å². The maximum Gasteiger partial charge on any atom is 0.451 e. The lowest BCUT2D eigenvalue weighted by Crippen LogP contribution is -2.13. The van der Waals surface area contributed by atoms with Gasteiger partial charge in [-0.1, -0.05) is 0 Å². The van der Waals surface area contributed by atoms with Gasteiger partial charge in [0.2, 0.25) is 5.82 Å². The molecule has 20 heavy (non-hydrogen) atoms. The van der Waals surface area contributed by atoms with E-state index < -0.39 is 29.5 Å². The Hall–Kier alpha value is -2.45. The van der Waals surface area contributed by atoms with Crippen LogP contribution in [-0.4, -0.2) is 9.97 Å². The maximum atomic E-state index is 13.0. The van der Waals surface area contributed by atoms with Crippen molar-refractivity contribution in [3.63, 3.8) is 0 Å². The first-order valence-corrected chi connectivity index (χ1v) is 5.19. The van der Waals surface area contributed by atoms with Crippen molar-refractivity contribution in [2.24, 2.45) is 0 Å². The highest BCUT2D eigenvalue weighted by Crippen LogP contribution is 2.28. The van der Waals surface area contributed by atoms with Crippen molar-refractivity contribution in [1.82, 2.24) is 9.97 Å². The molecule has 2 aromatic rings. The first kappa shape index (κ1) is 14.0. The van der Waals surface area contributed by atoms with E-state index >= 15 is 0 Å². The molecule has 0 saturated heterocycles. The molecule has 1 aromatic carbocycles. The van der Waals surface area contributed by atoms with Gasteiger partial charge < -0.3 is 11.1 Å². The zero-order chi connectivity index (χ0) is 14.9. The van der Waals surface area contributed by atoms with Crippen molar-refractivity contribution in [3.8, 4) is 0 Å². The molecule has 9 heteroatoms. The second kappa shape index (κ2) is 4.91. The summed E-state index contributed by atoms with van der Waals surface area (Å²) >= 11 is 0. The summed E-state index contributed by atoms with van der Waals surface area (Å²) in [6.45, 7) is 0. The van der Waals surface area contributed by atoms with Crippen LogP contribution < -0.4 is 11.1 Å². The molecule has 106 valence electrons. The summed E-state index contributed by atoms with van der Waals surface area (Å²) < 4.78 is 63.4. The predicted octanol–water partition coefficient (Wildman–Crippen LogP) is 3.10. The van der Waals surface area contributed by atoms with Crippen LogP contribution in [0, 0.1) is 11.6 Å². The third kappa shape index (κ3) is 3.31. The van der Waals surface area contributed by atoms with Crippen molar-refractivity contribution in [1.29, 1.82) is 0 Å². The number of alkyl halides is 3. The largest absolute Gasteiger partial charge is 0.451 e. The van der Waals surface area contributed by atoms with Crippen molar-refractivity contribution in [3.05, 3.63) is 41.7 Å². The Morgan fingerprint density at radius 3 is 2.10 bits per heavy atom. The fraction of sp³-hybridized carbons (Fsp3) is 0.0909. The summed E-state index contributed by atoms with van der Waals surface area (Å²) in [5.74, 6) is -3.96. The number of aromatic nitrogens is 2. The van der Waals surface area contributed by atoms with Gasteiger partial charge in [0.1, 0.15) is 23.3 Å². The van der Waals surface area contributed by atoms with Gasteiger partial charge in [-0.3, -0.25) is 0 Å². The SMILES string of the molecule is Nc1cc(Nc2cc(F)cc(F)c2)nc(C(F)(F)F)n1. The lowest BCUT2D eigenvalue weighted by molar-refractivity contribution is -0.144. The molecule has 0 atom stereocenters. The molecule has 0 fully saturated rings. The number of nitrogens with one attached hydrogen (secondary N) is 1. The number of nitrogens with two attached hydrogens (primary N) is 1. The second-order valence-corrected chi connectivity index (χ2v) is 3.78. The highest BCUT2D eigenvalue weighted by molar-refractivity contribution is 5.58. The Kier molecular flexibility index (Phi) is 3.43. The third-order valence-corrected chi connectivity index (χ3v) is 2.13. The number of benzene rings is 1. The molecule has 0 aliphatic heterocycles. The Morgan fingerprint density at radius 2 is 1.55 bits per heavy atom. The van der Waals surface area contributed by atoms with Gasteiger partial charge in [0.25, 0.3) is 0 Å². The smallest absolute Gasteiger partial charge is 0.384 e. The summed E-state index contributed by atoms with van der Waals surface area (Å²) in [6, 6.07) is 3.43. The van der Waals surface area contributed by atoms with E-state index in [1.807, 2.05) is 0 Å². The topological polar surface area (TPSA) is 63.8 Å². The molecule has 0 bridgehead atoms. The van der Waals surface area contributed by atoms with Gasteiger partial charge in [-0.15, -0.1) is 0 Å². The van der Waals surface area contributed by atoms with Crippen LogP contribution in [0.2, 0.25) is 0 Å². The van der Waals surface area contributed by atoms with Gasteiger partial charge in [0, 0.05) is 17.8 Å². The molecule has 0 spiro atoms. The lowest BCUT2D eigenvalue weighted by Gasteiger charge is -2.10. The molecule has 3 N–H and O–H groups in total. The Labute approximate surface area is 109 Å². The normalized spacial score (nSPS) is 11.4. The molecule has 2 rings (SSSR count). The number of halogens is 5. The van der Waals surface area contributed by atoms with Crippen molar-refractivity contribution >= 4 is 17.3 Å². The summed E-state index contributed by atoms with van der Waals surface area (Å²) in [5.41, 5.74) is 5.13. The van der Waals surface area contributed by atoms with E-state index in [9.17, 15) is 22.0 Å². The number of hydrogen-bond acceptors (Lipinski definition) is 4. The zero-order valence-corrected chi connectivity index (χ0v) is 9.67. The number of rotatable bonds is 2. The van der Waals surface area contributed by atoms with Gasteiger partial charge in [-0.25, -0.2) is 18.7 Å². The van der Waals surface area contributed by atoms with Gasteiger partial charge in [0.05, 0.1) is 0 Å². The number of nitrogens with zero attached hydrogens (tertiary/aromatic N) is 2. The number of nitrogen functional groups attached to an aromatic ring is 1. The highest BCUT2D eigenvalue weighted by Gasteiger charge is 2.35. The molecular formula is C11H7F5N4. The fourth-order valence-electron chi connectivity index (χ4n) is 1.43. The van der Waals surface area contributed by atoms with E-state index in [4.69, 9.17) is 5.73 Å². The Morgan fingerprint density at radius 1 is 0.950 bits per heavy atom. The summed E-state index contributed by atoms with van der Waals surface area (Å²) in [5, 5.41) is 2.33. The van der Waals surface area contributed by atoms with Gasteiger partial charge in [-0.05, 0) is 12.1 Å². The molecule has 0 aliphatic rings. The van der Waals surface area contributed by atoms with Crippen molar-refractivity contribution in [2.75, 3.05) is 11.1 Å². The first-order valence-electron chi connectivity index (χ1n) is 5.19. The predicted molar refractivity (Wildman–Crippen MR) is 61.1 cm³/mol. The summed E-state index contributed by atoms with van der Waals surface area (Å²) in [4.78, 5) is 6.22. The van der Waals surface area contributed by atoms with Crippen LogP contribution in [0.5, 0.6) is 0 Å². The van der Waals surface area contributed by atoms with Crippen LogP contribution in [0.3, 0.4) is 0 Å². The minimum atomic E-state index is -4.78. The number of anilines is 3. The molecule has 0 radical (unpaired) electrons. The van der Waals surface area contributed by atoms with Crippen LogP contribution in [-0.2, 0) is 6.18 Å². The Balaban J connectivity index is 2.36. The van der Waals surface area contributed by atoms with E-state index in [1.54, 1.807) is 0 Å². The summed E-state index contributed by atoms with van der Waals surface area (Å²) in [7, 11) is 0. The monoisotopic (exact) mass is 290 g/mol. The van der Waals surface area contributed by atoms with E-state index in [0.29, 0.717) is 6.07 Å². The fourth-order valence-corrected chi connectivity index (χ4v) is 1.43. The van der Waals surface area contributed by atoms with Crippen molar-refractivity contribution < 1.29 is 22.0 Å². The molecule has 0 amide bonds. The third-order valence-electron chi connectivity index (χ3n) is 2.13. The van der Waals surface area contributed by atoms with E-state index in [2.05, 4.69) is 15.3 Å². The average Bonchev–Trinajstić information content (AvgIpc) is 2.25. The standard InChI is InChI=1S/C11H7F5N4/c12-5-1-6(13)3-7(2-5)18-9-4-8(17)19-10(20-9)11(14,15)16/h1-4H,(H3,17,18,19,20). The molecule has 0 aliphatic carbocycles. The van der Waals surface area contributed by atoms with Crippen LogP contribution in [0.15, 0.2) is 24.3 Å². The average molecular weight is 290 g/mol. The quantitative estimate of drug-likeness (QED) is 0.834. The van der Waals surface area contributed by atoms with E-state index in [1.165, 1.54) is 0 Å². The highest BCUT2D eigenvalue weighted by atomic mass is 19.4. The van der Waals surface area contributed by atoms with Gasteiger partial charge in [-0.2, -0.15) is 13.2 Å². The van der Waals surface area contributed by atoms with Crippen LogP contribution in [0.1, 0.15) is 5.82 Å². The van der Waals surface area contributed by atoms with Gasteiger partial charge in [0.15, 0.2) is 0 Å². The second-order valence-electron chi connectivity index (χ2n) is 3.78. The molecule has 1 aromatic heterocycles. The summed E-state index contributed by atoms with van der Waals surface area (Å²) in [6.07, 6.45) is -4.78.